The summed E-state index contributed by atoms with van der Waals surface area (Å²) < 4.78 is 58.7. The van der Waals surface area contributed by atoms with E-state index < -0.39 is 20.2 Å². The molecule has 2 N–H and O–H groups in total. The van der Waals surface area contributed by atoms with Gasteiger partial charge in [0, 0.05) is 0 Å². The molecule has 1 aromatic rings. The molecule has 0 saturated heterocycles. The fourth-order valence-corrected chi connectivity index (χ4v) is 2.13. The van der Waals surface area contributed by atoms with Gasteiger partial charge in [-0.25, -0.2) is 8.42 Å². The minimum atomic E-state index is -5.40. The topological polar surface area (TPSA) is 58.2 Å². The van der Waals surface area contributed by atoms with Crippen molar-refractivity contribution < 1.29 is 21.6 Å². The molecule has 0 radical (unpaired) electrons. The molecule has 10 heteroatoms. The van der Waals surface area contributed by atoms with E-state index in [1.165, 1.54) is 0 Å². The minimum absolute atomic E-state index is 0.141. The van der Waals surface area contributed by atoms with Crippen LogP contribution in [0.25, 0.3) is 0 Å². The van der Waals surface area contributed by atoms with E-state index in [0.717, 1.165) is 12.1 Å². The van der Waals surface area contributed by atoms with Gasteiger partial charge in [-0.1, -0.05) is 11.6 Å². The van der Waals surface area contributed by atoms with Crippen LogP contribution in [0.4, 0.5) is 18.9 Å². The second-order valence-electron chi connectivity index (χ2n) is 2.81. The fraction of sp³-hybridized carbons (Fsp3) is 0.143. The number of hydrogen-bond acceptors (Lipinski definition) is 4. The monoisotopic (exact) mass is 308 g/mol. The third-order valence-electron chi connectivity index (χ3n) is 1.74. The second kappa shape index (κ2) is 4.89. The van der Waals surface area contributed by atoms with Crippen LogP contribution in [0.2, 0.25) is 5.02 Å². The van der Waals surface area contributed by atoms with Gasteiger partial charge in [-0.15, -0.1) is 4.94 Å². The zero-order valence-electron chi connectivity index (χ0n) is 7.85. The van der Waals surface area contributed by atoms with Crippen molar-refractivity contribution in [3.63, 3.8) is 0 Å². The first-order chi connectivity index (χ1) is 7.70. The van der Waals surface area contributed by atoms with E-state index in [2.05, 4.69) is 5.43 Å². The highest BCUT2D eigenvalue weighted by Gasteiger charge is 2.46. The van der Waals surface area contributed by atoms with E-state index >= 15 is 0 Å². The van der Waals surface area contributed by atoms with Gasteiger partial charge in [-0.3, -0.25) is 0 Å². The van der Waals surface area contributed by atoms with Gasteiger partial charge < -0.3 is 5.43 Å². The second-order valence-corrected chi connectivity index (χ2v) is 5.35. The molecule has 4 nitrogen and oxygen atoms in total. The van der Waals surface area contributed by atoms with Crippen LogP contribution in [0.1, 0.15) is 0 Å². The van der Waals surface area contributed by atoms with Crippen molar-refractivity contribution in [2.75, 3.05) is 5.43 Å². The Balaban J connectivity index is 3.24. The molecule has 0 aromatic heterocycles. The lowest BCUT2D eigenvalue weighted by molar-refractivity contribution is -0.0436. The number of benzene rings is 1. The summed E-state index contributed by atoms with van der Waals surface area (Å²) in [7, 11) is -5.40. The molecular formula is C7H5Cl2F3N2O2S. The molecule has 0 aliphatic heterocycles. The van der Waals surface area contributed by atoms with Crippen molar-refractivity contribution in [2.24, 2.45) is 0 Å². The Bertz CT molecular complexity index is 518. The van der Waals surface area contributed by atoms with Gasteiger partial charge in [0.15, 0.2) is 0 Å². The Morgan fingerprint density at radius 2 is 1.82 bits per heavy atom. The van der Waals surface area contributed by atoms with Crippen molar-refractivity contribution >= 4 is 38.9 Å². The quantitative estimate of drug-likeness (QED) is 0.666. The highest BCUT2D eigenvalue weighted by atomic mass is 35.5. The molecule has 0 amide bonds. The van der Waals surface area contributed by atoms with Gasteiger partial charge in [-0.2, -0.15) is 13.2 Å². The standard InChI is InChI=1S/C7H5Cl2F3N2O2S/c8-5-3-4(1-2-6(5)13-14-9)17(15,16)7(10,11)12/h1-3,13-14H. The van der Waals surface area contributed by atoms with Crippen molar-refractivity contribution in [3.05, 3.63) is 23.2 Å². The lowest BCUT2D eigenvalue weighted by Crippen LogP contribution is -2.23. The summed E-state index contributed by atoms with van der Waals surface area (Å²) >= 11 is 10.7. The fourth-order valence-electron chi connectivity index (χ4n) is 0.949. The maximum Gasteiger partial charge on any atom is 0.501 e. The van der Waals surface area contributed by atoms with Crippen LogP contribution in [0.15, 0.2) is 23.1 Å². The largest absolute Gasteiger partial charge is 0.501 e. The SMILES string of the molecule is O=S(=O)(c1ccc(NNCl)c(Cl)c1)C(F)(F)F. The molecule has 17 heavy (non-hydrogen) atoms. The summed E-state index contributed by atoms with van der Waals surface area (Å²) in [4.78, 5) is 1.04. The summed E-state index contributed by atoms with van der Waals surface area (Å²) in [5.41, 5.74) is -2.92. The van der Waals surface area contributed by atoms with E-state index in [-0.39, 0.29) is 10.7 Å². The van der Waals surface area contributed by atoms with Crippen molar-refractivity contribution in [1.82, 2.24) is 4.94 Å². The number of hydrazine groups is 1. The molecule has 1 aromatic carbocycles. The van der Waals surface area contributed by atoms with Crippen LogP contribution < -0.4 is 10.4 Å². The van der Waals surface area contributed by atoms with Gasteiger partial charge in [0.25, 0.3) is 9.84 Å². The van der Waals surface area contributed by atoms with Gasteiger partial charge >= 0.3 is 5.51 Å². The van der Waals surface area contributed by atoms with E-state index in [4.69, 9.17) is 23.4 Å². The van der Waals surface area contributed by atoms with E-state index in [1.54, 1.807) is 0 Å². The van der Waals surface area contributed by atoms with E-state index in [0.29, 0.717) is 6.07 Å². The van der Waals surface area contributed by atoms with E-state index in [1.807, 2.05) is 4.94 Å². The summed E-state index contributed by atoms with van der Waals surface area (Å²) in [6.45, 7) is 0. The Labute approximate surface area is 105 Å². The van der Waals surface area contributed by atoms with Gasteiger partial charge in [-0.05, 0) is 30.0 Å². The number of halogens is 5. The summed E-state index contributed by atoms with van der Waals surface area (Å²) in [5, 5.41) is -0.219. The van der Waals surface area contributed by atoms with Crippen molar-refractivity contribution in [3.8, 4) is 0 Å². The van der Waals surface area contributed by atoms with E-state index in [9.17, 15) is 21.6 Å². The Kier molecular flexibility index (Phi) is 4.13. The zero-order chi connectivity index (χ0) is 13.3. The van der Waals surface area contributed by atoms with Gasteiger partial charge in [0.05, 0.1) is 15.6 Å². The molecule has 0 heterocycles. The maximum atomic E-state index is 12.2. The van der Waals surface area contributed by atoms with Crippen LogP contribution >= 0.6 is 23.4 Å². The molecule has 0 fully saturated rings. The first kappa shape index (κ1) is 14.4. The summed E-state index contributed by atoms with van der Waals surface area (Å²) in [6.07, 6.45) is 0. The average Bonchev–Trinajstić information content (AvgIpc) is 2.19. The molecule has 0 bridgehead atoms. The third-order valence-corrected chi connectivity index (χ3v) is 3.63. The van der Waals surface area contributed by atoms with Crippen LogP contribution in [0.5, 0.6) is 0 Å². The molecule has 0 aliphatic carbocycles. The summed E-state index contributed by atoms with van der Waals surface area (Å²) in [6, 6.07) is 2.50. The average molecular weight is 309 g/mol. The highest BCUT2D eigenvalue weighted by Crippen LogP contribution is 2.33. The summed E-state index contributed by atoms with van der Waals surface area (Å²) in [5.74, 6) is 0. The lowest BCUT2D eigenvalue weighted by Gasteiger charge is -2.10. The third kappa shape index (κ3) is 2.95. The zero-order valence-corrected chi connectivity index (χ0v) is 10.2. The normalized spacial score (nSPS) is 12.5. The maximum absolute atomic E-state index is 12.2. The number of nitrogens with one attached hydrogen (secondary N) is 2. The molecule has 0 spiro atoms. The van der Waals surface area contributed by atoms with Gasteiger partial charge in [0.1, 0.15) is 0 Å². The predicted molar refractivity (Wildman–Crippen MR) is 57.3 cm³/mol. The molecule has 96 valence electrons. The number of alkyl halides is 3. The number of rotatable bonds is 3. The lowest BCUT2D eigenvalue weighted by atomic mass is 10.3. The Morgan fingerprint density at radius 1 is 1.24 bits per heavy atom. The van der Waals surface area contributed by atoms with Crippen LogP contribution in [-0.4, -0.2) is 13.9 Å². The minimum Gasteiger partial charge on any atom is -0.306 e. The van der Waals surface area contributed by atoms with Crippen LogP contribution in [0, 0.1) is 0 Å². The van der Waals surface area contributed by atoms with Crippen molar-refractivity contribution in [1.29, 1.82) is 0 Å². The number of hydrogen-bond donors (Lipinski definition) is 2. The van der Waals surface area contributed by atoms with Crippen molar-refractivity contribution in [2.45, 2.75) is 10.4 Å². The Morgan fingerprint density at radius 3 is 2.24 bits per heavy atom. The number of anilines is 1. The molecule has 0 atom stereocenters. The molecular weight excluding hydrogens is 304 g/mol. The smallest absolute Gasteiger partial charge is 0.306 e. The highest BCUT2D eigenvalue weighted by molar-refractivity contribution is 7.92. The number of sulfone groups is 1. The molecule has 0 unspecified atom stereocenters. The molecule has 0 aliphatic rings. The molecule has 0 saturated carbocycles. The predicted octanol–water partition coefficient (Wildman–Crippen LogP) is 2.70. The first-order valence-electron chi connectivity index (χ1n) is 3.92. The van der Waals surface area contributed by atoms with Crippen LogP contribution in [-0.2, 0) is 9.84 Å². The Hall–Kier alpha value is -0.700. The first-order valence-corrected chi connectivity index (χ1v) is 6.16. The molecule has 1 rings (SSSR count). The van der Waals surface area contributed by atoms with Crippen LogP contribution in [0.3, 0.4) is 0 Å². The van der Waals surface area contributed by atoms with Gasteiger partial charge in [0.2, 0.25) is 0 Å².